The minimum Gasteiger partial charge on any atom is -0.478 e. The summed E-state index contributed by atoms with van der Waals surface area (Å²) in [6, 6.07) is 2.84. The number of rotatable bonds is 5. The second-order valence-electron chi connectivity index (χ2n) is 5.61. The SMILES string of the molecule is O=C(O)c1cccnc1C(=O)NCC1(CO)CCCCC1. The van der Waals surface area contributed by atoms with Gasteiger partial charge in [0.1, 0.15) is 5.69 Å². The molecule has 1 aromatic heterocycles. The Bertz CT molecular complexity index is 524. The molecule has 0 atom stereocenters. The Labute approximate surface area is 123 Å². The van der Waals surface area contributed by atoms with Crippen LogP contribution < -0.4 is 5.32 Å². The van der Waals surface area contributed by atoms with Gasteiger partial charge in [0.05, 0.1) is 12.2 Å². The second-order valence-corrected chi connectivity index (χ2v) is 5.61. The summed E-state index contributed by atoms with van der Waals surface area (Å²) in [4.78, 5) is 27.1. The number of nitrogens with zero attached hydrogens (tertiary/aromatic N) is 1. The van der Waals surface area contributed by atoms with Crippen molar-refractivity contribution in [2.24, 2.45) is 5.41 Å². The highest BCUT2D eigenvalue weighted by Gasteiger charge is 2.32. The topological polar surface area (TPSA) is 99.5 Å². The van der Waals surface area contributed by atoms with Crippen molar-refractivity contribution in [2.45, 2.75) is 32.1 Å². The molecule has 1 fully saturated rings. The summed E-state index contributed by atoms with van der Waals surface area (Å²) in [6.07, 6.45) is 6.37. The zero-order valence-electron chi connectivity index (χ0n) is 11.8. The van der Waals surface area contributed by atoms with E-state index in [9.17, 15) is 14.7 Å². The molecular formula is C15H20N2O4. The molecule has 0 aromatic carbocycles. The minimum atomic E-state index is -1.18. The lowest BCUT2D eigenvalue weighted by molar-refractivity contribution is 0.0673. The van der Waals surface area contributed by atoms with Crippen molar-refractivity contribution in [2.75, 3.05) is 13.2 Å². The highest BCUT2D eigenvalue weighted by atomic mass is 16.4. The number of pyridine rings is 1. The third-order valence-corrected chi connectivity index (χ3v) is 4.13. The quantitative estimate of drug-likeness (QED) is 0.763. The van der Waals surface area contributed by atoms with Crippen molar-refractivity contribution >= 4 is 11.9 Å². The average Bonchev–Trinajstić information content (AvgIpc) is 2.53. The number of carbonyl (C=O) groups excluding carboxylic acids is 1. The first-order valence-electron chi connectivity index (χ1n) is 7.15. The fourth-order valence-electron chi connectivity index (χ4n) is 2.80. The molecule has 114 valence electrons. The predicted octanol–water partition coefficient (Wildman–Crippen LogP) is 1.45. The van der Waals surface area contributed by atoms with Gasteiger partial charge in [0.2, 0.25) is 0 Å². The molecule has 0 saturated heterocycles. The van der Waals surface area contributed by atoms with Crippen LogP contribution in [0.2, 0.25) is 0 Å². The first-order valence-corrected chi connectivity index (χ1v) is 7.15. The molecule has 21 heavy (non-hydrogen) atoms. The number of carbonyl (C=O) groups is 2. The van der Waals surface area contributed by atoms with Gasteiger partial charge in [0.15, 0.2) is 0 Å². The van der Waals surface area contributed by atoms with E-state index in [1.807, 2.05) is 0 Å². The summed E-state index contributed by atoms with van der Waals surface area (Å²) in [5.74, 6) is -1.69. The van der Waals surface area contributed by atoms with Gasteiger partial charge in [-0.1, -0.05) is 19.3 Å². The van der Waals surface area contributed by atoms with E-state index in [2.05, 4.69) is 10.3 Å². The molecule has 3 N–H and O–H groups in total. The zero-order chi connectivity index (χ0) is 15.3. The van der Waals surface area contributed by atoms with Gasteiger partial charge in [-0.25, -0.2) is 4.79 Å². The first-order chi connectivity index (χ1) is 10.1. The van der Waals surface area contributed by atoms with Crippen LogP contribution in [0.25, 0.3) is 0 Å². The molecular weight excluding hydrogens is 272 g/mol. The molecule has 2 rings (SSSR count). The summed E-state index contributed by atoms with van der Waals surface area (Å²) < 4.78 is 0. The lowest BCUT2D eigenvalue weighted by atomic mass is 9.74. The third kappa shape index (κ3) is 3.58. The maximum atomic E-state index is 12.2. The Morgan fingerprint density at radius 1 is 1.29 bits per heavy atom. The predicted molar refractivity (Wildman–Crippen MR) is 76.1 cm³/mol. The van der Waals surface area contributed by atoms with Crippen LogP contribution in [-0.4, -0.2) is 40.2 Å². The van der Waals surface area contributed by atoms with Crippen LogP contribution in [0.15, 0.2) is 18.3 Å². The van der Waals surface area contributed by atoms with Crippen molar-refractivity contribution in [1.82, 2.24) is 10.3 Å². The van der Waals surface area contributed by atoms with Gasteiger partial charge < -0.3 is 15.5 Å². The lowest BCUT2D eigenvalue weighted by Crippen LogP contribution is -2.42. The normalized spacial score (nSPS) is 17.2. The molecule has 0 unspecified atom stereocenters. The summed E-state index contributed by atoms with van der Waals surface area (Å²) in [6.45, 7) is 0.374. The van der Waals surface area contributed by atoms with Crippen molar-refractivity contribution in [3.05, 3.63) is 29.6 Å². The van der Waals surface area contributed by atoms with E-state index in [1.165, 1.54) is 18.3 Å². The highest BCUT2D eigenvalue weighted by molar-refractivity contribution is 6.03. The molecule has 1 saturated carbocycles. The Hall–Kier alpha value is -1.95. The third-order valence-electron chi connectivity index (χ3n) is 4.13. The standard InChI is InChI=1S/C15H20N2O4/c18-10-15(6-2-1-3-7-15)9-17-13(19)12-11(14(20)21)5-4-8-16-12/h4-5,8,18H,1-3,6-7,9-10H2,(H,17,19)(H,20,21). The molecule has 6 nitrogen and oxygen atoms in total. The van der Waals surface area contributed by atoms with Crippen molar-refractivity contribution < 1.29 is 19.8 Å². The summed E-state index contributed by atoms with van der Waals surface area (Å²) in [5.41, 5.74) is -0.489. The number of aliphatic hydroxyl groups excluding tert-OH is 1. The molecule has 0 bridgehead atoms. The molecule has 1 heterocycles. The van der Waals surface area contributed by atoms with E-state index in [1.54, 1.807) is 0 Å². The number of nitrogens with one attached hydrogen (secondary N) is 1. The van der Waals surface area contributed by atoms with E-state index in [0.29, 0.717) is 6.54 Å². The van der Waals surface area contributed by atoms with Crippen LogP contribution in [0.1, 0.15) is 53.0 Å². The molecule has 1 amide bonds. The minimum absolute atomic E-state index is 0.0291. The van der Waals surface area contributed by atoms with Crippen molar-refractivity contribution in [1.29, 1.82) is 0 Å². The molecule has 1 aromatic rings. The Morgan fingerprint density at radius 3 is 2.62 bits per heavy atom. The van der Waals surface area contributed by atoms with Crippen LogP contribution >= 0.6 is 0 Å². The van der Waals surface area contributed by atoms with E-state index in [4.69, 9.17) is 5.11 Å². The Balaban J connectivity index is 2.06. The molecule has 0 aliphatic heterocycles. The number of aliphatic hydroxyl groups is 1. The smallest absolute Gasteiger partial charge is 0.338 e. The maximum absolute atomic E-state index is 12.2. The van der Waals surface area contributed by atoms with Crippen LogP contribution in [0, 0.1) is 5.41 Å². The number of hydrogen-bond donors (Lipinski definition) is 3. The summed E-state index contributed by atoms with van der Waals surface area (Å²) in [7, 11) is 0. The van der Waals surface area contributed by atoms with Crippen LogP contribution in [0.4, 0.5) is 0 Å². The van der Waals surface area contributed by atoms with Crippen LogP contribution in [-0.2, 0) is 0 Å². The van der Waals surface area contributed by atoms with E-state index in [0.717, 1.165) is 32.1 Å². The Kier molecular flexibility index (Phi) is 4.90. The monoisotopic (exact) mass is 292 g/mol. The number of carboxylic acid groups (broad SMARTS) is 1. The van der Waals surface area contributed by atoms with E-state index >= 15 is 0 Å². The molecule has 0 radical (unpaired) electrons. The van der Waals surface area contributed by atoms with Crippen molar-refractivity contribution in [3.63, 3.8) is 0 Å². The van der Waals surface area contributed by atoms with E-state index in [-0.39, 0.29) is 23.3 Å². The number of aromatic nitrogens is 1. The largest absolute Gasteiger partial charge is 0.478 e. The molecule has 1 aliphatic rings. The van der Waals surface area contributed by atoms with E-state index < -0.39 is 11.9 Å². The highest BCUT2D eigenvalue weighted by Crippen LogP contribution is 2.35. The number of amides is 1. The zero-order valence-corrected chi connectivity index (χ0v) is 11.8. The first kappa shape index (κ1) is 15.4. The van der Waals surface area contributed by atoms with Crippen LogP contribution in [0.5, 0.6) is 0 Å². The van der Waals surface area contributed by atoms with Gasteiger partial charge in [-0.15, -0.1) is 0 Å². The second kappa shape index (κ2) is 6.67. The van der Waals surface area contributed by atoms with Gasteiger partial charge in [-0.2, -0.15) is 0 Å². The molecule has 1 aliphatic carbocycles. The van der Waals surface area contributed by atoms with Crippen molar-refractivity contribution in [3.8, 4) is 0 Å². The molecule has 6 heteroatoms. The number of carboxylic acids is 1. The Morgan fingerprint density at radius 2 is 2.00 bits per heavy atom. The fourth-order valence-corrected chi connectivity index (χ4v) is 2.80. The van der Waals surface area contributed by atoms with Gasteiger partial charge in [-0.3, -0.25) is 9.78 Å². The number of hydrogen-bond acceptors (Lipinski definition) is 4. The molecule has 0 spiro atoms. The van der Waals surface area contributed by atoms with Crippen LogP contribution in [0.3, 0.4) is 0 Å². The van der Waals surface area contributed by atoms with Gasteiger partial charge in [0.25, 0.3) is 5.91 Å². The lowest BCUT2D eigenvalue weighted by Gasteiger charge is -2.35. The average molecular weight is 292 g/mol. The van der Waals surface area contributed by atoms with Gasteiger partial charge >= 0.3 is 5.97 Å². The fraction of sp³-hybridized carbons (Fsp3) is 0.533. The maximum Gasteiger partial charge on any atom is 0.338 e. The summed E-state index contributed by atoms with van der Waals surface area (Å²) >= 11 is 0. The number of aromatic carboxylic acids is 1. The van der Waals surface area contributed by atoms with Gasteiger partial charge in [0, 0.05) is 18.2 Å². The summed E-state index contributed by atoms with van der Waals surface area (Å²) in [5, 5.41) is 21.4. The van der Waals surface area contributed by atoms with Gasteiger partial charge in [-0.05, 0) is 25.0 Å².